The van der Waals surface area contributed by atoms with Gasteiger partial charge in [0.15, 0.2) is 5.69 Å². The van der Waals surface area contributed by atoms with Crippen LogP contribution in [0.25, 0.3) is 0 Å². The molecule has 0 saturated carbocycles. The molecular formula is C10H15ClN2O2. The minimum absolute atomic E-state index is 0.274. The van der Waals surface area contributed by atoms with Gasteiger partial charge in [0.05, 0.1) is 18.2 Å². The van der Waals surface area contributed by atoms with E-state index in [0.717, 1.165) is 17.7 Å². The summed E-state index contributed by atoms with van der Waals surface area (Å²) in [7, 11) is 1.71. The van der Waals surface area contributed by atoms with Crippen LogP contribution in [0.1, 0.15) is 35.1 Å². The van der Waals surface area contributed by atoms with E-state index in [2.05, 4.69) is 5.10 Å². The summed E-state index contributed by atoms with van der Waals surface area (Å²) in [6, 6.07) is 0. The van der Waals surface area contributed by atoms with E-state index < -0.39 is 0 Å². The van der Waals surface area contributed by atoms with Crippen LogP contribution in [0, 0.1) is 6.92 Å². The van der Waals surface area contributed by atoms with Gasteiger partial charge in [-0.1, -0.05) is 6.92 Å². The highest BCUT2D eigenvalue weighted by molar-refractivity contribution is 6.17. The second kappa shape index (κ2) is 5.16. The molecule has 0 spiro atoms. The van der Waals surface area contributed by atoms with Crippen LogP contribution in [-0.2, 0) is 17.7 Å². The van der Waals surface area contributed by atoms with E-state index in [1.165, 1.54) is 4.68 Å². The topological polar surface area (TPSA) is 44.1 Å². The molecule has 84 valence electrons. The van der Waals surface area contributed by atoms with Crippen LogP contribution in [0.15, 0.2) is 0 Å². The summed E-state index contributed by atoms with van der Waals surface area (Å²) >= 11 is 5.77. The van der Waals surface area contributed by atoms with Crippen LogP contribution in [0.3, 0.4) is 0 Å². The molecule has 1 heterocycles. The molecule has 15 heavy (non-hydrogen) atoms. The van der Waals surface area contributed by atoms with Crippen molar-refractivity contribution < 1.29 is 9.53 Å². The molecule has 0 radical (unpaired) electrons. The Morgan fingerprint density at radius 1 is 1.60 bits per heavy atom. The van der Waals surface area contributed by atoms with Gasteiger partial charge in [-0.3, -0.25) is 4.68 Å². The molecule has 0 aromatic carbocycles. The number of aryl methyl sites for hydroxylation is 2. The fourth-order valence-electron chi connectivity index (χ4n) is 1.38. The van der Waals surface area contributed by atoms with E-state index in [1.54, 1.807) is 7.05 Å². The molecule has 0 fully saturated rings. The molecule has 0 aliphatic rings. The van der Waals surface area contributed by atoms with Crippen molar-refractivity contribution in [3.05, 3.63) is 17.0 Å². The Labute approximate surface area is 94.2 Å². The second-order valence-electron chi connectivity index (χ2n) is 3.31. The second-order valence-corrected chi connectivity index (χ2v) is 3.57. The first-order valence-corrected chi connectivity index (χ1v) is 5.40. The number of halogens is 1. The number of alkyl halides is 1. The maximum atomic E-state index is 11.7. The van der Waals surface area contributed by atoms with Crippen molar-refractivity contribution in [3.63, 3.8) is 0 Å². The highest BCUT2D eigenvalue weighted by Crippen LogP contribution is 2.16. The largest absolute Gasteiger partial charge is 0.461 e. The Morgan fingerprint density at radius 3 is 2.80 bits per heavy atom. The Hall–Kier alpha value is -1.03. The van der Waals surface area contributed by atoms with E-state index in [1.807, 2.05) is 13.8 Å². The smallest absolute Gasteiger partial charge is 0.356 e. The van der Waals surface area contributed by atoms with Crippen LogP contribution in [0.2, 0.25) is 0 Å². The molecule has 0 aliphatic heterocycles. The summed E-state index contributed by atoms with van der Waals surface area (Å²) in [6.07, 6.45) is 0.804. The number of carbonyl (C=O) groups is 1. The van der Waals surface area contributed by atoms with E-state index in [0.29, 0.717) is 12.3 Å². The number of rotatable bonds is 4. The van der Waals surface area contributed by atoms with Gasteiger partial charge in [0.1, 0.15) is 0 Å². The van der Waals surface area contributed by atoms with Crippen molar-refractivity contribution >= 4 is 17.6 Å². The van der Waals surface area contributed by atoms with Crippen molar-refractivity contribution in [2.75, 3.05) is 6.61 Å². The van der Waals surface area contributed by atoms with Gasteiger partial charge < -0.3 is 4.74 Å². The minimum atomic E-state index is -0.351. The van der Waals surface area contributed by atoms with Gasteiger partial charge in [0.25, 0.3) is 0 Å². The van der Waals surface area contributed by atoms with Crippen LogP contribution < -0.4 is 0 Å². The molecule has 0 N–H and O–H groups in total. The Balaban J connectivity index is 2.96. The third kappa shape index (κ3) is 2.50. The highest BCUT2D eigenvalue weighted by atomic mass is 35.5. The normalized spacial score (nSPS) is 10.4. The number of esters is 1. The lowest BCUT2D eigenvalue weighted by Gasteiger charge is -2.04. The maximum Gasteiger partial charge on any atom is 0.356 e. The van der Waals surface area contributed by atoms with Crippen molar-refractivity contribution in [3.8, 4) is 0 Å². The summed E-state index contributed by atoms with van der Waals surface area (Å²) in [4.78, 5) is 11.7. The Kier molecular flexibility index (Phi) is 4.15. The summed E-state index contributed by atoms with van der Waals surface area (Å²) in [5, 5.41) is 4.14. The molecule has 1 aromatic heterocycles. The standard InChI is InChI=1S/C10H15ClN2O2/c1-4-5-15-10(14)9-8(6-11)7(2)12-13(9)3/h4-6H2,1-3H3. The van der Waals surface area contributed by atoms with E-state index in [9.17, 15) is 4.79 Å². The average molecular weight is 231 g/mol. The van der Waals surface area contributed by atoms with Gasteiger partial charge >= 0.3 is 5.97 Å². The fourth-order valence-corrected chi connectivity index (χ4v) is 1.70. The number of carbonyl (C=O) groups excluding carboxylic acids is 1. The number of aromatic nitrogens is 2. The van der Waals surface area contributed by atoms with Gasteiger partial charge in [0.2, 0.25) is 0 Å². The van der Waals surface area contributed by atoms with Crippen LogP contribution in [-0.4, -0.2) is 22.4 Å². The third-order valence-corrected chi connectivity index (χ3v) is 2.38. The summed E-state index contributed by atoms with van der Waals surface area (Å²) in [6.45, 7) is 4.20. The van der Waals surface area contributed by atoms with Crippen molar-refractivity contribution in [1.82, 2.24) is 9.78 Å². The van der Waals surface area contributed by atoms with Gasteiger partial charge in [-0.15, -0.1) is 11.6 Å². The monoisotopic (exact) mass is 230 g/mol. The van der Waals surface area contributed by atoms with Crippen molar-refractivity contribution in [1.29, 1.82) is 0 Å². The lowest BCUT2D eigenvalue weighted by atomic mass is 10.2. The summed E-state index contributed by atoms with van der Waals surface area (Å²) in [5.41, 5.74) is 1.98. The zero-order valence-corrected chi connectivity index (χ0v) is 9.97. The lowest BCUT2D eigenvalue weighted by molar-refractivity contribution is 0.0491. The van der Waals surface area contributed by atoms with Crippen LogP contribution in [0.4, 0.5) is 0 Å². The molecule has 0 unspecified atom stereocenters. The minimum Gasteiger partial charge on any atom is -0.461 e. The Bertz CT molecular complexity index is 361. The molecular weight excluding hydrogens is 216 g/mol. The number of nitrogens with zero attached hydrogens (tertiary/aromatic N) is 2. The Morgan fingerprint density at radius 2 is 2.27 bits per heavy atom. The SMILES string of the molecule is CCCOC(=O)c1c(CCl)c(C)nn1C. The molecule has 1 aromatic rings. The molecule has 0 saturated heterocycles. The summed E-state index contributed by atoms with van der Waals surface area (Å²) in [5.74, 6) is -0.0773. The van der Waals surface area contributed by atoms with Gasteiger partial charge in [-0.25, -0.2) is 4.79 Å². The number of hydrogen-bond acceptors (Lipinski definition) is 3. The van der Waals surface area contributed by atoms with Gasteiger partial charge in [0, 0.05) is 12.6 Å². The number of ether oxygens (including phenoxy) is 1. The van der Waals surface area contributed by atoms with E-state index >= 15 is 0 Å². The molecule has 0 amide bonds. The van der Waals surface area contributed by atoms with Crippen molar-refractivity contribution in [2.45, 2.75) is 26.1 Å². The maximum absolute atomic E-state index is 11.7. The zero-order chi connectivity index (χ0) is 11.4. The average Bonchev–Trinajstić information content (AvgIpc) is 2.49. The molecule has 0 atom stereocenters. The van der Waals surface area contributed by atoms with Crippen LogP contribution >= 0.6 is 11.6 Å². The zero-order valence-electron chi connectivity index (χ0n) is 9.21. The van der Waals surface area contributed by atoms with Crippen LogP contribution in [0.5, 0.6) is 0 Å². The first-order chi connectivity index (χ1) is 7.11. The number of hydrogen-bond donors (Lipinski definition) is 0. The van der Waals surface area contributed by atoms with E-state index in [4.69, 9.17) is 16.3 Å². The molecule has 5 heteroatoms. The van der Waals surface area contributed by atoms with E-state index in [-0.39, 0.29) is 11.8 Å². The van der Waals surface area contributed by atoms with Gasteiger partial charge in [-0.2, -0.15) is 5.10 Å². The first-order valence-electron chi connectivity index (χ1n) is 4.87. The molecule has 4 nitrogen and oxygen atoms in total. The fraction of sp³-hybridized carbons (Fsp3) is 0.600. The summed E-state index contributed by atoms with van der Waals surface area (Å²) < 4.78 is 6.57. The lowest BCUT2D eigenvalue weighted by Crippen LogP contribution is -2.13. The quantitative estimate of drug-likeness (QED) is 0.587. The highest BCUT2D eigenvalue weighted by Gasteiger charge is 2.20. The predicted molar refractivity (Wildman–Crippen MR) is 58.1 cm³/mol. The molecule has 0 bridgehead atoms. The third-order valence-electron chi connectivity index (χ3n) is 2.11. The van der Waals surface area contributed by atoms with Gasteiger partial charge in [-0.05, 0) is 13.3 Å². The van der Waals surface area contributed by atoms with Crippen molar-refractivity contribution in [2.24, 2.45) is 7.05 Å². The first kappa shape index (κ1) is 12.0. The predicted octanol–water partition coefficient (Wildman–Crippen LogP) is 2.03. The molecule has 0 aliphatic carbocycles. The molecule has 1 rings (SSSR count).